The van der Waals surface area contributed by atoms with Crippen molar-refractivity contribution < 1.29 is 4.79 Å². The van der Waals surface area contributed by atoms with Gasteiger partial charge in [0.15, 0.2) is 5.96 Å². The van der Waals surface area contributed by atoms with Gasteiger partial charge in [0.25, 0.3) is 0 Å². The van der Waals surface area contributed by atoms with Crippen LogP contribution in [0.2, 0.25) is 0 Å². The Morgan fingerprint density at radius 1 is 1.16 bits per heavy atom. The summed E-state index contributed by atoms with van der Waals surface area (Å²) >= 11 is 0. The molecule has 2 unspecified atom stereocenters. The first-order valence-corrected chi connectivity index (χ1v) is 11.8. The maximum Gasteiger partial charge on any atom is 0.223 e. The van der Waals surface area contributed by atoms with Crippen LogP contribution in [0.3, 0.4) is 0 Å². The predicted molar refractivity (Wildman–Crippen MR) is 143 cm³/mol. The molecule has 3 rings (SSSR count). The Morgan fingerprint density at radius 3 is 2.53 bits per heavy atom. The average Bonchev–Trinajstić information content (AvgIpc) is 3.17. The van der Waals surface area contributed by atoms with Crippen molar-refractivity contribution in [3.05, 3.63) is 35.9 Å². The van der Waals surface area contributed by atoms with Gasteiger partial charge in [0, 0.05) is 77.8 Å². The Morgan fingerprint density at radius 2 is 1.88 bits per heavy atom. The van der Waals surface area contributed by atoms with Crippen molar-refractivity contribution in [2.75, 3.05) is 66.0 Å². The number of likely N-dealkylation sites (N-methyl/N-ethyl adjacent to an activating group) is 1. The minimum absolute atomic E-state index is 0. The Hall–Kier alpha value is -1.39. The molecule has 0 radical (unpaired) electrons. The van der Waals surface area contributed by atoms with Gasteiger partial charge in [0.1, 0.15) is 0 Å². The fourth-order valence-corrected chi connectivity index (χ4v) is 4.47. The third-order valence-electron chi connectivity index (χ3n) is 6.63. The second-order valence-electron chi connectivity index (χ2n) is 8.80. The highest BCUT2D eigenvalue weighted by Gasteiger charge is 2.29. The van der Waals surface area contributed by atoms with Crippen molar-refractivity contribution >= 4 is 35.8 Å². The largest absolute Gasteiger partial charge is 0.356 e. The van der Waals surface area contributed by atoms with E-state index in [2.05, 4.69) is 63.5 Å². The highest BCUT2D eigenvalue weighted by molar-refractivity contribution is 14.0. The van der Waals surface area contributed by atoms with Crippen LogP contribution >= 0.6 is 24.0 Å². The molecule has 1 amide bonds. The van der Waals surface area contributed by atoms with Gasteiger partial charge in [-0.15, -0.1) is 24.0 Å². The number of amides is 1. The zero-order chi connectivity index (χ0) is 22.1. The van der Waals surface area contributed by atoms with E-state index in [1.165, 1.54) is 5.56 Å². The zero-order valence-corrected chi connectivity index (χ0v) is 22.3. The number of likely N-dealkylation sites (tertiary alicyclic amines) is 1. The predicted octanol–water partition coefficient (Wildman–Crippen LogP) is 1.89. The molecule has 2 fully saturated rings. The van der Waals surface area contributed by atoms with Crippen molar-refractivity contribution in [2.45, 2.75) is 32.7 Å². The molecule has 2 atom stereocenters. The first-order valence-electron chi connectivity index (χ1n) is 11.8. The number of rotatable bonds is 9. The number of carbonyl (C=O) groups excluding carboxylic acids is 1. The molecule has 180 valence electrons. The molecule has 1 aromatic rings. The lowest BCUT2D eigenvalue weighted by Crippen LogP contribution is -2.53. The van der Waals surface area contributed by atoms with Gasteiger partial charge in [-0.3, -0.25) is 14.7 Å². The van der Waals surface area contributed by atoms with Gasteiger partial charge in [-0.1, -0.05) is 37.3 Å². The number of guanidine groups is 1. The molecule has 2 N–H and O–H groups in total. The molecule has 7 nitrogen and oxygen atoms in total. The normalized spacial score (nSPS) is 21.3. The van der Waals surface area contributed by atoms with E-state index >= 15 is 0 Å². The first-order chi connectivity index (χ1) is 15.1. The van der Waals surface area contributed by atoms with Crippen LogP contribution in [-0.2, 0) is 11.2 Å². The van der Waals surface area contributed by atoms with Crippen molar-refractivity contribution in [3.63, 3.8) is 0 Å². The number of hydrogen-bond acceptors (Lipinski definition) is 4. The van der Waals surface area contributed by atoms with Gasteiger partial charge >= 0.3 is 0 Å². The molecule has 2 heterocycles. The van der Waals surface area contributed by atoms with Gasteiger partial charge < -0.3 is 20.4 Å². The van der Waals surface area contributed by atoms with Crippen LogP contribution in [0.4, 0.5) is 0 Å². The van der Waals surface area contributed by atoms with E-state index < -0.39 is 0 Å². The molecule has 2 aliphatic rings. The van der Waals surface area contributed by atoms with Crippen molar-refractivity contribution in [3.8, 4) is 0 Å². The molecule has 0 bridgehead atoms. The third-order valence-corrected chi connectivity index (χ3v) is 6.63. The fraction of sp³-hybridized carbons (Fsp3) is 0.667. The lowest BCUT2D eigenvalue weighted by molar-refractivity contribution is -0.127. The minimum Gasteiger partial charge on any atom is -0.356 e. The second-order valence-corrected chi connectivity index (χ2v) is 8.80. The molecular weight excluding hydrogens is 515 g/mol. The van der Waals surface area contributed by atoms with Crippen molar-refractivity contribution in [1.29, 1.82) is 0 Å². The SMILES string of the molecule is CCN1CCN(C(C)CNC(=NC)NCC2CC(=O)N(CCc3ccccc3)C2)CC1.I. The quantitative estimate of drug-likeness (QED) is 0.277. The number of halogens is 1. The number of aliphatic imine (C=N–C) groups is 1. The van der Waals surface area contributed by atoms with Gasteiger partial charge in [-0.25, -0.2) is 0 Å². The lowest BCUT2D eigenvalue weighted by atomic mass is 10.1. The summed E-state index contributed by atoms with van der Waals surface area (Å²) in [6.45, 7) is 13.5. The molecule has 0 spiro atoms. The van der Waals surface area contributed by atoms with Crippen LogP contribution in [0, 0.1) is 5.92 Å². The molecule has 32 heavy (non-hydrogen) atoms. The van der Waals surface area contributed by atoms with Crippen LogP contribution in [0.25, 0.3) is 0 Å². The van der Waals surface area contributed by atoms with Crippen molar-refractivity contribution in [1.82, 2.24) is 25.3 Å². The van der Waals surface area contributed by atoms with Crippen LogP contribution in [-0.4, -0.2) is 98.6 Å². The highest BCUT2D eigenvalue weighted by Crippen LogP contribution is 2.17. The van der Waals surface area contributed by atoms with E-state index in [-0.39, 0.29) is 29.9 Å². The summed E-state index contributed by atoms with van der Waals surface area (Å²) in [5.41, 5.74) is 1.28. The summed E-state index contributed by atoms with van der Waals surface area (Å²) in [7, 11) is 1.81. The summed E-state index contributed by atoms with van der Waals surface area (Å²) in [6, 6.07) is 10.9. The fourth-order valence-electron chi connectivity index (χ4n) is 4.47. The summed E-state index contributed by atoms with van der Waals surface area (Å²) in [5.74, 6) is 1.43. The Labute approximate surface area is 211 Å². The lowest BCUT2D eigenvalue weighted by Gasteiger charge is -2.37. The maximum atomic E-state index is 12.4. The smallest absolute Gasteiger partial charge is 0.223 e. The second kappa shape index (κ2) is 14.0. The van der Waals surface area contributed by atoms with Gasteiger partial charge in [-0.05, 0) is 25.5 Å². The van der Waals surface area contributed by atoms with E-state index in [0.717, 1.165) is 71.3 Å². The topological polar surface area (TPSA) is 63.2 Å². The van der Waals surface area contributed by atoms with Crippen LogP contribution in [0.15, 0.2) is 35.3 Å². The zero-order valence-electron chi connectivity index (χ0n) is 19.9. The molecule has 0 aromatic heterocycles. The summed E-state index contributed by atoms with van der Waals surface area (Å²) < 4.78 is 0. The molecule has 0 saturated carbocycles. The standard InChI is InChI=1S/C24H40N6O.HI/c1-4-28-12-14-29(15-13-28)20(2)17-26-24(25-3)27-18-22-16-23(31)30(19-22)11-10-21-8-6-5-7-9-21;/h5-9,20,22H,4,10-19H2,1-3H3,(H2,25,26,27);1H. The van der Waals surface area contributed by atoms with Crippen LogP contribution < -0.4 is 10.6 Å². The summed E-state index contributed by atoms with van der Waals surface area (Å²) in [5, 5.41) is 6.90. The highest BCUT2D eigenvalue weighted by atomic mass is 127. The Kier molecular flexibility index (Phi) is 11.7. The summed E-state index contributed by atoms with van der Waals surface area (Å²) in [4.78, 5) is 23.8. The Balaban J connectivity index is 0.00000363. The van der Waals surface area contributed by atoms with Gasteiger partial charge in [0.2, 0.25) is 5.91 Å². The Bertz CT molecular complexity index is 708. The monoisotopic (exact) mass is 556 g/mol. The first kappa shape index (κ1) is 26.9. The number of nitrogens with one attached hydrogen (secondary N) is 2. The molecule has 0 aliphatic carbocycles. The van der Waals surface area contributed by atoms with E-state index in [1.54, 1.807) is 0 Å². The molecule has 2 saturated heterocycles. The summed E-state index contributed by atoms with van der Waals surface area (Å²) in [6.07, 6.45) is 1.54. The van der Waals surface area contributed by atoms with Gasteiger partial charge in [-0.2, -0.15) is 0 Å². The number of hydrogen-bond donors (Lipinski definition) is 2. The average molecular weight is 557 g/mol. The molecule has 8 heteroatoms. The molecule has 1 aromatic carbocycles. The number of benzene rings is 1. The maximum absolute atomic E-state index is 12.4. The van der Waals surface area contributed by atoms with E-state index in [0.29, 0.717) is 18.4 Å². The van der Waals surface area contributed by atoms with E-state index in [9.17, 15) is 4.79 Å². The van der Waals surface area contributed by atoms with Gasteiger partial charge in [0.05, 0.1) is 0 Å². The van der Waals surface area contributed by atoms with Crippen molar-refractivity contribution in [2.24, 2.45) is 10.9 Å². The number of piperazine rings is 1. The number of nitrogens with zero attached hydrogens (tertiary/aromatic N) is 4. The van der Waals surface area contributed by atoms with E-state index in [4.69, 9.17) is 0 Å². The third kappa shape index (κ3) is 8.19. The van der Waals surface area contributed by atoms with Crippen LogP contribution in [0.5, 0.6) is 0 Å². The van der Waals surface area contributed by atoms with Crippen LogP contribution in [0.1, 0.15) is 25.8 Å². The minimum atomic E-state index is 0. The molecule has 2 aliphatic heterocycles. The molecular formula is C24H41IN6O. The number of carbonyl (C=O) groups is 1. The van der Waals surface area contributed by atoms with E-state index in [1.807, 2.05) is 18.0 Å².